The van der Waals surface area contributed by atoms with Crippen LogP contribution in [-0.4, -0.2) is 0 Å². The van der Waals surface area contributed by atoms with E-state index in [1.54, 1.807) is 0 Å². The first kappa shape index (κ1) is 11.7. The lowest BCUT2D eigenvalue weighted by Gasteiger charge is -2.11. The number of rotatable bonds is 2. The predicted molar refractivity (Wildman–Crippen MR) is 76.2 cm³/mol. The van der Waals surface area contributed by atoms with E-state index >= 15 is 0 Å². The average molecular weight is 222 g/mol. The molecule has 0 fully saturated rings. The fourth-order valence-electron chi connectivity index (χ4n) is 2.34. The zero-order valence-corrected chi connectivity index (χ0v) is 10.7. The molecule has 0 nitrogen and oxygen atoms in total. The van der Waals surface area contributed by atoms with Crippen LogP contribution in [0.3, 0.4) is 0 Å². The summed E-state index contributed by atoms with van der Waals surface area (Å²) in [6.45, 7) is 10.3. The molecule has 2 aromatic carbocycles. The highest BCUT2D eigenvalue weighted by atomic mass is 14.1. The minimum Gasteiger partial charge on any atom is -0.0985 e. The molecule has 0 heterocycles. The summed E-state index contributed by atoms with van der Waals surface area (Å²) in [5.41, 5.74) is 7.74. The fraction of sp³-hybridized carbons (Fsp3) is 0.176. The van der Waals surface area contributed by atoms with Crippen molar-refractivity contribution in [1.29, 1.82) is 0 Å². The van der Waals surface area contributed by atoms with Crippen LogP contribution in [0.2, 0.25) is 0 Å². The van der Waals surface area contributed by atoms with Crippen LogP contribution in [0, 0.1) is 20.8 Å². The fourth-order valence-corrected chi connectivity index (χ4v) is 2.34. The molecule has 86 valence electrons. The Bertz CT molecular complexity index is 542. The van der Waals surface area contributed by atoms with E-state index in [-0.39, 0.29) is 0 Å². The van der Waals surface area contributed by atoms with E-state index in [1.165, 1.54) is 33.4 Å². The topological polar surface area (TPSA) is 0 Å². The van der Waals surface area contributed by atoms with E-state index < -0.39 is 0 Å². The number of aryl methyl sites for hydroxylation is 3. The molecule has 0 amide bonds. The summed E-state index contributed by atoms with van der Waals surface area (Å²) >= 11 is 0. The lowest BCUT2D eigenvalue weighted by Crippen LogP contribution is -1.89. The number of benzene rings is 2. The molecule has 0 atom stereocenters. The molecule has 0 aliphatic heterocycles. The highest BCUT2D eigenvalue weighted by Gasteiger charge is 2.06. The molecule has 17 heavy (non-hydrogen) atoms. The smallest absolute Gasteiger partial charge is 0.0125 e. The third-order valence-electron chi connectivity index (χ3n) is 3.11. The first-order chi connectivity index (χ1) is 8.11. The molecule has 0 bridgehead atoms. The quantitative estimate of drug-likeness (QED) is 0.676. The summed E-state index contributed by atoms with van der Waals surface area (Å²) in [6.07, 6.45) is 1.91. The highest BCUT2D eigenvalue weighted by molar-refractivity contribution is 5.73. The van der Waals surface area contributed by atoms with Gasteiger partial charge in [-0.3, -0.25) is 0 Å². The van der Waals surface area contributed by atoms with Crippen molar-refractivity contribution in [2.75, 3.05) is 0 Å². The van der Waals surface area contributed by atoms with Gasteiger partial charge in [-0.1, -0.05) is 43.0 Å². The molecule has 0 spiro atoms. The van der Waals surface area contributed by atoms with Crippen molar-refractivity contribution in [3.8, 4) is 11.1 Å². The maximum absolute atomic E-state index is 3.85. The Morgan fingerprint density at radius 1 is 0.941 bits per heavy atom. The van der Waals surface area contributed by atoms with E-state index in [1.807, 2.05) is 6.08 Å². The Morgan fingerprint density at radius 2 is 1.59 bits per heavy atom. The molecular weight excluding hydrogens is 204 g/mol. The molecule has 2 rings (SSSR count). The Balaban J connectivity index is 2.68. The molecule has 0 heteroatoms. The zero-order valence-electron chi connectivity index (χ0n) is 10.7. The van der Waals surface area contributed by atoms with Gasteiger partial charge in [0, 0.05) is 0 Å². The van der Waals surface area contributed by atoms with Gasteiger partial charge in [-0.15, -0.1) is 0 Å². The first-order valence-corrected chi connectivity index (χ1v) is 5.92. The molecule has 0 saturated heterocycles. The lowest BCUT2D eigenvalue weighted by atomic mass is 9.93. The third-order valence-corrected chi connectivity index (χ3v) is 3.11. The molecule has 2 aromatic rings. The van der Waals surface area contributed by atoms with Crippen molar-refractivity contribution in [2.24, 2.45) is 0 Å². The van der Waals surface area contributed by atoms with E-state index in [2.05, 4.69) is 63.7 Å². The van der Waals surface area contributed by atoms with E-state index in [4.69, 9.17) is 0 Å². The van der Waals surface area contributed by atoms with Gasteiger partial charge >= 0.3 is 0 Å². The largest absolute Gasteiger partial charge is 0.0985 e. The molecule has 0 radical (unpaired) electrons. The number of hydrogen-bond donors (Lipinski definition) is 0. The van der Waals surface area contributed by atoms with E-state index in [9.17, 15) is 0 Å². The average Bonchev–Trinajstić information content (AvgIpc) is 2.28. The van der Waals surface area contributed by atoms with E-state index in [0.29, 0.717) is 0 Å². The van der Waals surface area contributed by atoms with Crippen molar-refractivity contribution >= 4 is 6.08 Å². The number of hydrogen-bond acceptors (Lipinski definition) is 0. The molecular formula is C17H18. The van der Waals surface area contributed by atoms with Crippen molar-refractivity contribution in [3.63, 3.8) is 0 Å². The van der Waals surface area contributed by atoms with Crippen molar-refractivity contribution < 1.29 is 0 Å². The van der Waals surface area contributed by atoms with Crippen LogP contribution in [0.5, 0.6) is 0 Å². The Kier molecular flexibility index (Phi) is 3.14. The summed E-state index contributed by atoms with van der Waals surface area (Å²) in [6, 6.07) is 13.0. The van der Waals surface area contributed by atoms with Gasteiger partial charge in [-0.2, -0.15) is 0 Å². The SMILES string of the molecule is C=Cc1cc(C)cc(-c2c(C)cccc2C)c1. The van der Waals surface area contributed by atoms with Crippen LogP contribution in [0.4, 0.5) is 0 Å². The van der Waals surface area contributed by atoms with Crippen LogP contribution < -0.4 is 0 Å². The Morgan fingerprint density at radius 3 is 2.18 bits per heavy atom. The molecule has 0 N–H and O–H groups in total. The van der Waals surface area contributed by atoms with Gasteiger partial charge in [-0.25, -0.2) is 0 Å². The third kappa shape index (κ3) is 2.31. The van der Waals surface area contributed by atoms with Crippen molar-refractivity contribution in [1.82, 2.24) is 0 Å². The van der Waals surface area contributed by atoms with Gasteiger partial charge in [0.05, 0.1) is 0 Å². The van der Waals surface area contributed by atoms with Crippen LogP contribution >= 0.6 is 0 Å². The summed E-state index contributed by atoms with van der Waals surface area (Å²) in [7, 11) is 0. The predicted octanol–water partition coefficient (Wildman–Crippen LogP) is 4.92. The normalized spacial score (nSPS) is 10.3. The van der Waals surface area contributed by atoms with Crippen LogP contribution in [-0.2, 0) is 0 Å². The van der Waals surface area contributed by atoms with Crippen LogP contribution in [0.25, 0.3) is 17.2 Å². The van der Waals surface area contributed by atoms with Gasteiger partial charge in [0.25, 0.3) is 0 Å². The summed E-state index contributed by atoms with van der Waals surface area (Å²) < 4.78 is 0. The van der Waals surface area contributed by atoms with E-state index in [0.717, 1.165) is 0 Å². The monoisotopic (exact) mass is 222 g/mol. The summed E-state index contributed by atoms with van der Waals surface area (Å²) in [5.74, 6) is 0. The van der Waals surface area contributed by atoms with Gasteiger partial charge in [-0.05, 0) is 60.2 Å². The Labute approximate surface area is 104 Å². The van der Waals surface area contributed by atoms with Gasteiger partial charge in [0.2, 0.25) is 0 Å². The second-order valence-electron chi connectivity index (χ2n) is 4.60. The first-order valence-electron chi connectivity index (χ1n) is 5.92. The second kappa shape index (κ2) is 4.58. The van der Waals surface area contributed by atoms with Gasteiger partial charge in [0.1, 0.15) is 0 Å². The molecule has 0 aromatic heterocycles. The van der Waals surface area contributed by atoms with Crippen molar-refractivity contribution in [3.05, 3.63) is 65.2 Å². The molecule has 0 saturated carbocycles. The standard InChI is InChI=1S/C17H18/c1-5-15-9-12(2)10-16(11-15)17-13(3)7-6-8-14(17)4/h5-11H,1H2,2-4H3. The van der Waals surface area contributed by atoms with Gasteiger partial charge in [0.15, 0.2) is 0 Å². The highest BCUT2D eigenvalue weighted by Crippen LogP contribution is 2.28. The van der Waals surface area contributed by atoms with Gasteiger partial charge < -0.3 is 0 Å². The minimum atomic E-state index is 1.18. The van der Waals surface area contributed by atoms with Crippen LogP contribution in [0.15, 0.2) is 43.0 Å². The summed E-state index contributed by atoms with van der Waals surface area (Å²) in [5, 5.41) is 0. The van der Waals surface area contributed by atoms with Crippen LogP contribution in [0.1, 0.15) is 22.3 Å². The lowest BCUT2D eigenvalue weighted by molar-refractivity contribution is 1.36. The minimum absolute atomic E-state index is 1.18. The maximum Gasteiger partial charge on any atom is -0.0125 e. The molecule has 0 aliphatic rings. The van der Waals surface area contributed by atoms with Crippen molar-refractivity contribution in [2.45, 2.75) is 20.8 Å². The molecule has 0 unspecified atom stereocenters. The second-order valence-corrected chi connectivity index (χ2v) is 4.60. The maximum atomic E-state index is 3.85. The molecule has 0 aliphatic carbocycles. The Hall–Kier alpha value is -1.82. The zero-order chi connectivity index (χ0) is 12.4. The summed E-state index contributed by atoms with van der Waals surface area (Å²) in [4.78, 5) is 0.